The van der Waals surface area contributed by atoms with Crippen molar-refractivity contribution in [3.8, 4) is 5.75 Å². The van der Waals surface area contributed by atoms with Crippen molar-refractivity contribution in [3.05, 3.63) is 63.5 Å². The third kappa shape index (κ3) is 4.28. The first-order chi connectivity index (χ1) is 15.5. The molecule has 2 atom stereocenters. The molecule has 0 spiro atoms. The lowest BCUT2D eigenvalue weighted by atomic mass is 10.0. The smallest absolute Gasteiger partial charge is 0.343 e. The van der Waals surface area contributed by atoms with Crippen molar-refractivity contribution < 1.29 is 18.7 Å². The molecular weight excluding hydrogens is 417 g/mol. The number of benzene rings is 1. The van der Waals surface area contributed by atoms with E-state index in [0.29, 0.717) is 42.2 Å². The van der Waals surface area contributed by atoms with Crippen molar-refractivity contribution >= 4 is 17.4 Å². The average Bonchev–Trinajstić information content (AvgIpc) is 3.37. The number of ether oxygens (including phenoxy) is 2. The second-order valence-electron chi connectivity index (χ2n) is 7.40. The molecule has 0 radical (unpaired) electrons. The molecule has 0 saturated heterocycles. The predicted octanol–water partition coefficient (Wildman–Crippen LogP) is 4.22. The van der Waals surface area contributed by atoms with Crippen LogP contribution in [0.15, 0.2) is 35.7 Å². The van der Waals surface area contributed by atoms with Crippen LogP contribution < -0.4 is 10.1 Å². The quantitative estimate of drug-likeness (QED) is 0.242. The van der Waals surface area contributed by atoms with Gasteiger partial charge in [0.1, 0.15) is 29.1 Å². The highest BCUT2D eigenvalue weighted by molar-refractivity contribution is 5.95. The maximum absolute atomic E-state index is 14.3. The van der Waals surface area contributed by atoms with Crippen LogP contribution in [0.1, 0.15) is 47.8 Å². The molecule has 1 aliphatic heterocycles. The fraction of sp³-hybridized carbons (Fsp3) is 0.381. The summed E-state index contributed by atoms with van der Waals surface area (Å²) < 4.78 is 26.9. The molecule has 2 aromatic heterocycles. The summed E-state index contributed by atoms with van der Waals surface area (Å²) in [6.45, 7) is 4.17. The summed E-state index contributed by atoms with van der Waals surface area (Å²) in [6.07, 6.45) is 4.03. The zero-order chi connectivity index (χ0) is 22.7. The molecule has 1 aromatic carbocycles. The number of fused-ring (bicyclic) bond motifs is 2. The van der Waals surface area contributed by atoms with E-state index in [2.05, 4.69) is 25.4 Å². The summed E-state index contributed by atoms with van der Waals surface area (Å²) in [5.74, 6) is 0.278. The second-order valence-corrected chi connectivity index (χ2v) is 7.40. The zero-order valence-corrected chi connectivity index (χ0v) is 17.7. The van der Waals surface area contributed by atoms with Gasteiger partial charge in [0.25, 0.3) is 0 Å². The van der Waals surface area contributed by atoms with E-state index in [4.69, 9.17) is 15.0 Å². The van der Waals surface area contributed by atoms with Crippen LogP contribution in [0.25, 0.3) is 16.1 Å². The van der Waals surface area contributed by atoms with Crippen LogP contribution in [0.2, 0.25) is 0 Å². The molecule has 0 saturated carbocycles. The number of carbonyl (C=O) groups excluding carboxylic acids is 1. The molecule has 4 rings (SSSR count). The number of hydrogen-bond donors (Lipinski definition) is 1. The third-order valence-corrected chi connectivity index (χ3v) is 5.20. The summed E-state index contributed by atoms with van der Waals surface area (Å²) in [4.78, 5) is 19.4. The van der Waals surface area contributed by atoms with E-state index in [9.17, 15) is 9.18 Å². The number of carbonyl (C=O) groups is 1. The number of hydrogen-bond acceptors (Lipinski definition) is 7. The lowest BCUT2D eigenvalue weighted by Crippen LogP contribution is -2.15. The average molecular weight is 439 g/mol. The van der Waals surface area contributed by atoms with Crippen molar-refractivity contribution in [3.63, 3.8) is 0 Å². The molecule has 0 aliphatic carbocycles. The number of aromatic nitrogens is 3. The normalized spacial score (nSPS) is 15.5. The Kier molecular flexibility index (Phi) is 6.09. The molecule has 10 nitrogen and oxygen atoms in total. The van der Waals surface area contributed by atoms with Gasteiger partial charge in [-0.25, -0.2) is 18.7 Å². The topological polar surface area (TPSA) is 127 Å². The van der Waals surface area contributed by atoms with Crippen molar-refractivity contribution in [2.75, 3.05) is 18.5 Å². The van der Waals surface area contributed by atoms with Gasteiger partial charge in [0.05, 0.1) is 18.8 Å². The van der Waals surface area contributed by atoms with E-state index in [1.165, 1.54) is 22.8 Å². The lowest BCUT2D eigenvalue weighted by molar-refractivity contribution is 0.0528. The SMILES string of the molecule is CCOC(=O)c1cnn2ccc(N[C@H](C)c3cc(F)cc4c3OC(CCN=[N+]=[N-])C4)nc12. The van der Waals surface area contributed by atoms with Crippen LogP contribution >= 0.6 is 0 Å². The highest BCUT2D eigenvalue weighted by Crippen LogP contribution is 2.38. The molecule has 11 heteroatoms. The van der Waals surface area contributed by atoms with Crippen LogP contribution in [-0.2, 0) is 11.2 Å². The summed E-state index contributed by atoms with van der Waals surface area (Å²) in [5.41, 5.74) is 10.5. The van der Waals surface area contributed by atoms with Crippen molar-refractivity contribution in [2.24, 2.45) is 5.11 Å². The Morgan fingerprint density at radius 2 is 2.38 bits per heavy atom. The molecule has 166 valence electrons. The molecule has 3 aromatic rings. The molecular formula is C21H22FN7O3. The monoisotopic (exact) mass is 439 g/mol. The van der Waals surface area contributed by atoms with E-state index in [-0.39, 0.29) is 30.1 Å². The van der Waals surface area contributed by atoms with Gasteiger partial charge in [0.2, 0.25) is 0 Å². The fourth-order valence-electron chi connectivity index (χ4n) is 3.75. The highest BCUT2D eigenvalue weighted by Gasteiger charge is 2.28. The standard InChI is InChI=1S/C21H22FN7O3/c1-3-31-21(30)17-11-25-29-7-5-18(27-20(17)29)26-12(2)16-10-14(22)8-13-9-15(32-19(13)16)4-6-24-28-23/h5,7-8,10-12,15H,3-4,6,9H2,1-2H3,(H,26,27)/t12-,15?/m1/s1. The van der Waals surface area contributed by atoms with E-state index in [0.717, 1.165) is 5.56 Å². The molecule has 1 unspecified atom stereocenters. The van der Waals surface area contributed by atoms with Crippen molar-refractivity contribution in [1.82, 2.24) is 14.6 Å². The first-order valence-electron chi connectivity index (χ1n) is 10.3. The zero-order valence-electron chi connectivity index (χ0n) is 17.7. The van der Waals surface area contributed by atoms with Gasteiger partial charge in [-0.2, -0.15) is 5.10 Å². The van der Waals surface area contributed by atoms with E-state index >= 15 is 0 Å². The number of azide groups is 1. The maximum Gasteiger partial charge on any atom is 0.343 e. The minimum atomic E-state index is -0.497. The molecule has 0 amide bonds. The van der Waals surface area contributed by atoms with E-state index < -0.39 is 5.97 Å². The van der Waals surface area contributed by atoms with Gasteiger partial charge in [-0.3, -0.25) is 0 Å². The van der Waals surface area contributed by atoms with Crippen LogP contribution in [0.5, 0.6) is 5.75 Å². The van der Waals surface area contributed by atoms with Gasteiger partial charge in [-0.15, -0.1) is 0 Å². The predicted molar refractivity (Wildman–Crippen MR) is 114 cm³/mol. The lowest BCUT2D eigenvalue weighted by Gasteiger charge is -2.19. The third-order valence-electron chi connectivity index (χ3n) is 5.20. The number of halogens is 1. The van der Waals surface area contributed by atoms with Gasteiger partial charge in [-0.05, 0) is 44.0 Å². The number of nitrogens with one attached hydrogen (secondary N) is 1. The molecule has 0 bridgehead atoms. The maximum atomic E-state index is 14.3. The Morgan fingerprint density at radius 1 is 1.53 bits per heavy atom. The molecule has 3 heterocycles. The van der Waals surface area contributed by atoms with Crippen LogP contribution in [0, 0.1) is 5.82 Å². The fourth-order valence-corrected chi connectivity index (χ4v) is 3.75. The number of nitrogens with zero attached hydrogens (tertiary/aromatic N) is 6. The largest absolute Gasteiger partial charge is 0.489 e. The second kappa shape index (κ2) is 9.11. The van der Waals surface area contributed by atoms with E-state index in [1.54, 1.807) is 19.2 Å². The Hall–Kier alpha value is -3.85. The Labute approximate surface area is 183 Å². The van der Waals surface area contributed by atoms with Gasteiger partial charge in [-0.1, -0.05) is 5.11 Å². The van der Waals surface area contributed by atoms with Crippen LogP contribution in [-0.4, -0.2) is 39.8 Å². The number of rotatable bonds is 8. The molecule has 0 fully saturated rings. The molecule has 1 aliphatic rings. The van der Waals surface area contributed by atoms with E-state index in [1.807, 2.05) is 6.92 Å². The summed E-state index contributed by atoms with van der Waals surface area (Å²) >= 11 is 0. The Balaban J connectivity index is 1.57. The number of esters is 1. The summed E-state index contributed by atoms with van der Waals surface area (Å²) in [6, 6.07) is 4.29. The first-order valence-corrected chi connectivity index (χ1v) is 10.3. The van der Waals surface area contributed by atoms with Gasteiger partial charge in [0, 0.05) is 35.2 Å². The van der Waals surface area contributed by atoms with Crippen molar-refractivity contribution in [2.45, 2.75) is 38.8 Å². The first kappa shape index (κ1) is 21.4. The molecule has 1 N–H and O–H groups in total. The van der Waals surface area contributed by atoms with Gasteiger partial charge >= 0.3 is 5.97 Å². The van der Waals surface area contributed by atoms with Gasteiger partial charge < -0.3 is 14.8 Å². The minimum absolute atomic E-state index is 0.170. The molecule has 32 heavy (non-hydrogen) atoms. The van der Waals surface area contributed by atoms with Crippen molar-refractivity contribution in [1.29, 1.82) is 0 Å². The highest BCUT2D eigenvalue weighted by atomic mass is 19.1. The van der Waals surface area contributed by atoms with Gasteiger partial charge in [0.15, 0.2) is 5.65 Å². The minimum Gasteiger partial charge on any atom is -0.489 e. The Morgan fingerprint density at radius 3 is 3.16 bits per heavy atom. The number of anilines is 1. The Bertz CT molecular complexity index is 1210. The van der Waals surface area contributed by atoms with Crippen LogP contribution in [0.3, 0.4) is 0 Å². The summed E-state index contributed by atoms with van der Waals surface area (Å²) in [5, 5.41) is 10.9. The van der Waals surface area contributed by atoms with Crippen LogP contribution in [0.4, 0.5) is 10.2 Å². The summed E-state index contributed by atoms with van der Waals surface area (Å²) in [7, 11) is 0.